The molecule has 0 atom stereocenters. The Morgan fingerprint density at radius 2 is 2.25 bits per heavy atom. The number of hydrogen-bond acceptors (Lipinski definition) is 3. The number of amides is 1. The summed E-state index contributed by atoms with van der Waals surface area (Å²) in [5.41, 5.74) is 7.12. The summed E-state index contributed by atoms with van der Waals surface area (Å²) in [5.74, 6) is -0.0483. The van der Waals surface area contributed by atoms with Gasteiger partial charge in [-0.3, -0.25) is 4.79 Å². The Kier molecular flexibility index (Phi) is 5.19. The fourth-order valence-corrected chi connectivity index (χ4v) is 1.86. The van der Waals surface area contributed by atoms with Gasteiger partial charge in [0.25, 0.3) is 5.91 Å². The van der Waals surface area contributed by atoms with Gasteiger partial charge in [0.2, 0.25) is 0 Å². The molecule has 0 aliphatic heterocycles. The standard InChI is InChI=1S/C12H18N2OS/c1-3-4-7-14-12(15)9-5-6-11(16-2)10(13)8-9/h5-6,8H,3-4,7,13H2,1-2H3,(H,14,15). The molecular formula is C12H18N2OS. The maximum Gasteiger partial charge on any atom is 0.251 e. The van der Waals surface area contributed by atoms with E-state index >= 15 is 0 Å². The number of thioether (sulfide) groups is 1. The van der Waals surface area contributed by atoms with E-state index < -0.39 is 0 Å². The predicted molar refractivity (Wildman–Crippen MR) is 69.9 cm³/mol. The number of nitrogen functional groups attached to an aromatic ring is 1. The molecule has 3 nitrogen and oxygen atoms in total. The third kappa shape index (κ3) is 3.45. The minimum atomic E-state index is -0.0483. The van der Waals surface area contributed by atoms with E-state index in [0.29, 0.717) is 11.3 Å². The van der Waals surface area contributed by atoms with Crippen molar-refractivity contribution < 1.29 is 4.79 Å². The molecule has 88 valence electrons. The lowest BCUT2D eigenvalue weighted by molar-refractivity contribution is 0.0953. The minimum Gasteiger partial charge on any atom is -0.398 e. The Morgan fingerprint density at radius 3 is 2.81 bits per heavy atom. The lowest BCUT2D eigenvalue weighted by Crippen LogP contribution is -2.24. The van der Waals surface area contributed by atoms with Crippen molar-refractivity contribution in [3.8, 4) is 0 Å². The summed E-state index contributed by atoms with van der Waals surface area (Å²) in [6, 6.07) is 5.42. The number of hydrogen-bond donors (Lipinski definition) is 2. The summed E-state index contributed by atoms with van der Waals surface area (Å²) >= 11 is 1.58. The van der Waals surface area contributed by atoms with E-state index in [9.17, 15) is 4.79 Å². The van der Waals surface area contributed by atoms with Crippen LogP contribution in [0.2, 0.25) is 0 Å². The Hall–Kier alpha value is -1.16. The van der Waals surface area contributed by atoms with Crippen LogP contribution in [-0.4, -0.2) is 18.7 Å². The first-order valence-corrected chi connectivity index (χ1v) is 6.63. The molecule has 0 heterocycles. The highest BCUT2D eigenvalue weighted by molar-refractivity contribution is 7.98. The molecule has 1 aromatic carbocycles. The predicted octanol–water partition coefficient (Wildman–Crippen LogP) is 2.52. The molecule has 4 heteroatoms. The lowest BCUT2D eigenvalue weighted by atomic mass is 10.2. The second-order valence-electron chi connectivity index (χ2n) is 3.57. The largest absolute Gasteiger partial charge is 0.398 e. The van der Waals surface area contributed by atoms with E-state index in [-0.39, 0.29) is 5.91 Å². The topological polar surface area (TPSA) is 55.1 Å². The van der Waals surface area contributed by atoms with Crippen LogP contribution in [0.1, 0.15) is 30.1 Å². The van der Waals surface area contributed by atoms with Gasteiger partial charge >= 0.3 is 0 Å². The lowest BCUT2D eigenvalue weighted by Gasteiger charge is -2.07. The van der Waals surface area contributed by atoms with E-state index in [0.717, 1.165) is 24.3 Å². The average molecular weight is 238 g/mol. The summed E-state index contributed by atoms with van der Waals surface area (Å²) in [6.07, 6.45) is 4.05. The number of nitrogens with one attached hydrogen (secondary N) is 1. The number of benzene rings is 1. The first-order valence-electron chi connectivity index (χ1n) is 5.40. The number of rotatable bonds is 5. The van der Waals surface area contributed by atoms with Crippen LogP contribution in [0.5, 0.6) is 0 Å². The SMILES string of the molecule is CCCCNC(=O)c1ccc(SC)c(N)c1. The van der Waals surface area contributed by atoms with Gasteiger partial charge in [0, 0.05) is 22.7 Å². The van der Waals surface area contributed by atoms with E-state index in [1.807, 2.05) is 18.4 Å². The maximum absolute atomic E-state index is 11.7. The van der Waals surface area contributed by atoms with E-state index in [4.69, 9.17) is 5.73 Å². The molecule has 0 spiro atoms. The van der Waals surface area contributed by atoms with Crippen molar-refractivity contribution in [1.29, 1.82) is 0 Å². The van der Waals surface area contributed by atoms with Gasteiger partial charge in [-0.2, -0.15) is 0 Å². The molecule has 16 heavy (non-hydrogen) atoms. The quantitative estimate of drug-likeness (QED) is 0.471. The molecule has 0 saturated carbocycles. The Morgan fingerprint density at radius 1 is 1.50 bits per heavy atom. The third-order valence-corrected chi connectivity index (χ3v) is 3.12. The van der Waals surface area contributed by atoms with Crippen LogP contribution in [0.4, 0.5) is 5.69 Å². The summed E-state index contributed by atoms with van der Waals surface area (Å²) < 4.78 is 0. The van der Waals surface area contributed by atoms with E-state index in [1.54, 1.807) is 17.8 Å². The van der Waals surface area contributed by atoms with Gasteiger partial charge in [0.05, 0.1) is 0 Å². The highest BCUT2D eigenvalue weighted by atomic mass is 32.2. The van der Waals surface area contributed by atoms with Crippen LogP contribution in [0.3, 0.4) is 0 Å². The summed E-state index contributed by atoms with van der Waals surface area (Å²) in [7, 11) is 0. The number of anilines is 1. The Bertz CT molecular complexity index is 366. The first-order chi connectivity index (χ1) is 7.69. The molecule has 0 aliphatic carbocycles. The molecule has 0 aliphatic rings. The van der Waals surface area contributed by atoms with Gasteiger partial charge in [-0.1, -0.05) is 13.3 Å². The van der Waals surface area contributed by atoms with Crippen LogP contribution in [0.15, 0.2) is 23.1 Å². The smallest absolute Gasteiger partial charge is 0.251 e. The van der Waals surface area contributed by atoms with Gasteiger partial charge in [-0.25, -0.2) is 0 Å². The fourth-order valence-electron chi connectivity index (χ4n) is 1.36. The van der Waals surface area contributed by atoms with Gasteiger partial charge in [0.15, 0.2) is 0 Å². The summed E-state index contributed by atoms with van der Waals surface area (Å²) in [6.45, 7) is 2.82. The zero-order valence-electron chi connectivity index (χ0n) is 9.75. The molecule has 1 amide bonds. The summed E-state index contributed by atoms with van der Waals surface area (Å²) in [5, 5.41) is 2.86. The zero-order chi connectivity index (χ0) is 12.0. The molecule has 0 radical (unpaired) electrons. The van der Waals surface area contributed by atoms with Crippen LogP contribution >= 0.6 is 11.8 Å². The van der Waals surface area contributed by atoms with Gasteiger partial charge in [-0.05, 0) is 30.9 Å². The first kappa shape index (κ1) is 12.9. The molecule has 0 saturated heterocycles. The Labute approximate surface area is 101 Å². The average Bonchev–Trinajstić information content (AvgIpc) is 2.29. The number of unbranched alkanes of at least 4 members (excludes halogenated alkanes) is 1. The van der Waals surface area contributed by atoms with Crippen molar-refractivity contribution >= 4 is 23.4 Å². The molecule has 0 unspecified atom stereocenters. The number of nitrogens with two attached hydrogens (primary N) is 1. The highest BCUT2D eigenvalue weighted by Crippen LogP contribution is 2.23. The molecule has 1 aromatic rings. The number of carbonyl (C=O) groups excluding carboxylic acids is 1. The van der Waals surface area contributed by atoms with Gasteiger partial charge < -0.3 is 11.1 Å². The van der Waals surface area contributed by atoms with E-state index in [2.05, 4.69) is 12.2 Å². The molecule has 3 N–H and O–H groups in total. The minimum absolute atomic E-state index is 0.0483. The van der Waals surface area contributed by atoms with Gasteiger partial charge in [-0.15, -0.1) is 11.8 Å². The molecular weight excluding hydrogens is 220 g/mol. The molecule has 1 rings (SSSR count). The summed E-state index contributed by atoms with van der Waals surface area (Å²) in [4.78, 5) is 12.7. The van der Waals surface area contributed by atoms with Crippen LogP contribution in [-0.2, 0) is 0 Å². The monoisotopic (exact) mass is 238 g/mol. The van der Waals surface area contributed by atoms with E-state index in [1.165, 1.54) is 0 Å². The normalized spacial score (nSPS) is 10.1. The van der Waals surface area contributed by atoms with Crippen molar-refractivity contribution in [2.45, 2.75) is 24.7 Å². The van der Waals surface area contributed by atoms with Crippen LogP contribution < -0.4 is 11.1 Å². The molecule has 0 bridgehead atoms. The third-order valence-electron chi connectivity index (χ3n) is 2.31. The van der Waals surface area contributed by atoms with Gasteiger partial charge in [0.1, 0.15) is 0 Å². The zero-order valence-corrected chi connectivity index (χ0v) is 10.6. The highest BCUT2D eigenvalue weighted by Gasteiger charge is 2.06. The second-order valence-corrected chi connectivity index (χ2v) is 4.41. The van der Waals surface area contributed by atoms with Crippen molar-refractivity contribution in [2.75, 3.05) is 18.5 Å². The maximum atomic E-state index is 11.7. The molecule has 0 aromatic heterocycles. The second kappa shape index (κ2) is 6.43. The molecule has 0 fully saturated rings. The fraction of sp³-hybridized carbons (Fsp3) is 0.417. The van der Waals surface area contributed by atoms with Crippen LogP contribution in [0, 0.1) is 0 Å². The van der Waals surface area contributed by atoms with Crippen LogP contribution in [0.25, 0.3) is 0 Å². The van der Waals surface area contributed by atoms with Crippen molar-refractivity contribution in [3.63, 3.8) is 0 Å². The van der Waals surface area contributed by atoms with Crippen molar-refractivity contribution in [2.24, 2.45) is 0 Å². The van der Waals surface area contributed by atoms with Crippen molar-refractivity contribution in [1.82, 2.24) is 5.32 Å². The van der Waals surface area contributed by atoms with Crippen molar-refractivity contribution in [3.05, 3.63) is 23.8 Å². The Balaban J connectivity index is 2.66. The number of carbonyl (C=O) groups is 1.